The summed E-state index contributed by atoms with van der Waals surface area (Å²) in [5.74, 6) is -2.02. The summed E-state index contributed by atoms with van der Waals surface area (Å²) in [6.07, 6.45) is -0.705. The van der Waals surface area contributed by atoms with Gasteiger partial charge < -0.3 is 14.6 Å². The van der Waals surface area contributed by atoms with Gasteiger partial charge in [-0.15, -0.1) is 0 Å². The molecule has 0 saturated carbocycles. The number of carboxylic acids is 1. The van der Waals surface area contributed by atoms with E-state index in [0.29, 0.717) is 0 Å². The number of aliphatic carboxylic acids is 1. The maximum Gasteiger partial charge on any atom is 0.303 e. The lowest BCUT2D eigenvalue weighted by atomic mass is 10.2. The Balaban J connectivity index is 3.99. The summed E-state index contributed by atoms with van der Waals surface area (Å²) in [5.41, 5.74) is 0. The minimum atomic E-state index is -0.991. The van der Waals surface area contributed by atoms with Gasteiger partial charge in [-0.1, -0.05) is 0 Å². The molecule has 0 aromatic rings. The van der Waals surface area contributed by atoms with Gasteiger partial charge in [0.1, 0.15) is 12.7 Å². The van der Waals surface area contributed by atoms with Gasteiger partial charge >= 0.3 is 17.9 Å². The lowest BCUT2D eigenvalue weighted by molar-refractivity contribution is -0.157. The van der Waals surface area contributed by atoms with E-state index < -0.39 is 24.0 Å². The van der Waals surface area contributed by atoms with E-state index in [4.69, 9.17) is 9.84 Å². The molecule has 0 amide bonds. The van der Waals surface area contributed by atoms with Crippen molar-refractivity contribution in [2.45, 2.75) is 32.8 Å². The second kappa shape index (κ2) is 6.80. The number of esters is 2. The van der Waals surface area contributed by atoms with Crippen LogP contribution in [0.2, 0.25) is 0 Å². The zero-order valence-electron chi connectivity index (χ0n) is 8.69. The van der Waals surface area contributed by atoms with Crippen LogP contribution in [0, 0.1) is 0 Å². The summed E-state index contributed by atoms with van der Waals surface area (Å²) < 4.78 is 9.40. The van der Waals surface area contributed by atoms with Crippen molar-refractivity contribution >= 4 is 17.9 Å². The van der Waals surface area contributed by atoms with Crippen molar-refractivity contribution in [1.82, 2.24) is 0 Å². The van der Waals surface area contributed by atoms with E-state index in [1.807, 2.05) is 0 Å². The fraction of sp³-hybridized carbons (Fsp3) is 0.667. The molecule has 0 aromatic carbocycles. The van der Waals surface area contributed by atoms with E-state index in [2.05, 4.69) is 4.74 Å². The van der Waals surface area contributed by atoms with Gasteiger partial charge in [0.2, 0.25) is 0 Å². The molecule has 1 atom stereocenters. The number of carboxylic acid groups (broad SMARTS) is 1. The smallest absolute Gasteiger partial charge is 0.303 e. The Morgan fingerprint density at radius 3 is 2.20 bits per heavy atom. The molecule has 0 fully saturated rings. The van der Waals surface area contributed by atoms with E-state index in [-0.39, 0.29) is 19.4 Å². The van der Waals surface area contributed by atoms with Gasteiger partial charge in [-0.3, -0.25) is 14.4 Å². The van der Waals surface area contributed by atoms with E-state index in [0.717, 1.165) is 0 Å². The van der Waals surface area contributed by atoms with Crippen LogP contribution in [-0.2, 0) is 23.9 Å². The summed E-state index contributed by atoms with van der Waals surface area (Å²) in [5, 5.41) is 8.43. The molecule has 6 heteroatoms. The SMILES string of the molecule is CC(=O)OCC(CCC(=O)O)OC(C)=O. The number of ether oxygens (including phenoxy) is 2. The Morgan fingerprint density at radius 2 is 1.80 bits per heavy atom. The molecule has 1 unspecified atom stereocenters. The van der Waals surface area contributed by atoms with Crippen LogP contribution in [0.3, 0.4) is 0 Å². The molecule has 1 N–H and O–H groups in total. The molecule has 0 aliphatic carbocycles. The third kappa shape index (κ3) is 8.73. The summed E-state index contributed by atoms with van der Waals surface area (Å²) in [4.78, 5) is 31.4. The molecule has 0 aliphatic heterocycles. The van der Waals surface area contributed by atoms with Gasteiger partial charge in [0.05, 0.1) is 0 Å². The van der Waals surface area contributed by atoms with E-state index in [1.54, 1.807) is 0 Å². The summed E-state index contributed by atoms with van der Waals surface area (Å²) >= 11 is 0. The standard InChI is InChI=1S/C9H14O6/c1-6(10)14-5-8(15-7(2)11)3-4-9(12)13/h8H,3-5H2,1-2H3,(H,12,13). The highest BCUT2D eigenvalue weighted by atomic mass is 16.6. The summed E-state index contributed by atoms with van der Waals surface area (Å²) in [6, 6.07) is 0. The van der Waals surface area contributed by atoms with Gasteiger partial charge in [-0.25, -0.2) is 0 Å². The average Bonchev–Trinajstić information content (AvgIpc) is 2.08. The van der Waals surface area contributed by atoms with Crippen molar-refractivity contribution in [3.8, 4) is 0 Å². The fourth-order valence-electron chi connectivity index (χ4n) is 0.906. The van der Waals surface area contributed by atoms with Crippen molar-refractivity contribution in [2.75, 3.05) is 6.61 Å². The monoisotopic (exact) mass is 218 g/mol. The molecule has 0 saturated heterocycles. The Labute approximate surface area is 87.2 Å². The van der Waals surface area contributed by atoms with Crippen molar-refractivity contribution in [3.05, 3.63) is 0 Å². The van der Waals surface area contributed by atoms with Gasteiger partial charge in [-0.2, -0.15) is 0 Å². The van der Waals surface area contributed by atoms with Crippen LogP contribution in [0.4, 0.5) is 0 Å². The quantitative estimate of drug-likeness (QED) is 0.647. The van der Waals surface area contributed by atoms with Crippen molar-refractivity contribution < 1.29 is 29.0 Å². The van der Waals surface area contributed by atoms with Gasteiger partial charge in [-0.05, 0) is 6.42 Å². The third-order valence-electron chi connectivity index (χ3n) is 1.49. The van der Waals surface area contributed by atoms with Gasteiger partial charge in [0.15, 0.2) is 0 Å². The minimum absolute atomic E-state index is 0.109. The second-order valence-electron chi connectivity index (χ2n) is 2.97. The first-order valence-corrected chi connectivity index (χ1v) is 4.44. The highest BCUT2D eigenvalue weighted by molar-refractivity contribution is 5.68. The Bertz CT molecular complexity index is 229. The first-order chi connectivity index (χ1) is 6.91. The lowest BCUT2D eigenvalue weighted by Gasteiger charge is -2.15. The molecule has 0 rings (SSSR count). The maximum absolute atomic E-state index is 10.6. The number of hydrogen-bond donors (Lipinski definition) is 1. The van der Waals surface area contributed by atoms with E-state index >= 15 is 0 Å². The number of carbonyl (C=O) groups is 3. The fourth-order valence-corrected chi connectivity index (χ4v) is 0.906. The molecule has 0 heterocycles. The summed E-state index contributed by atoms with van der Waals surface area (Å²) in [6.45, 7) is 2.33. The van der Waals surface area contributed by atoms with Crippen LogP contribution in [-0.4, -0.2) is 35.7 Å². The van der Waals surface area contributed by atoms with Crippen LogP contribution in [0.5, 0.6) is 0 Å². The Morgan fingerprint density at radius 1 is 1.20 bits per heavy atom. The normalized spacial score (nSPS) is 11.6. The molecule has 6 nitrogen and oxygen atoms in total. The Kier molecular flexibility index (Phi) is 6.08. The highest BCUT2D eigenvalue weighted by Crippen LogP contribution is 2.04. The predicted molar refractivity (Wildman–Crippen MR) is 49.1 cm³/mol. The average molecular weight is 218 g/mol. The van der Waals surface area contributed by atoms with E-state index in [9.17, 15) is 14.4 Å². The van der Waals surface area contributed by atoms with Gasteiger partial charge in [0, 0.05) is 20.3 Å². The Hall–Kier alpha value is -1.59. The molecule has 0 aromatic heterocycles. The molecular formula is C9H14O6. The highest BCUT2D eigenvalue weighted by Gasteiger charge is 2.15. The molecule has 0 radical (unpaired) electrons. The predicted octanol–water partition coefficient (Wildman–Crippen LogP) is 0.346. The van der Waals surface area contributed by atoms with Crippen LogP contribution in [0.25, 0.3) is 0 Å². The van der Waals surface area contributed by atoms with E-state index in [1.165, 1.54) is 13.8 Å². The zero-order valence-corrected chi connectivity index (χ0v) is 8.69. The molecule has 15 heavy (non-hydrogen) atoms. The number of hydrogen-bond acceptors (Lipinski definition) is 5. The molecule has 86 valence electrons. The molecular weight excluding hydrogens is 204 g/mol. The molecule has 0 aliphatic rings. The number of carbonyl (C=O) groups excluding carboxylic acids is 2. The van der Waals surface area contributed by atoms with Gasteiger partial charge in [0.25, 0.3) is 0 Å². The topological polar surface area (TPSA) is 89.9 Å². The molecule has 0 bridgehead atoms. The first kappa shape index (κ1) is 13.4. The van der Waals surface area contributed by atoms with Crippen LogP contribution < -0.4 is 0 Å². The maximum atomic E-state index is 10.6. The number of rotatable bonds is 6. The van der Waals surface area contributed by atoms with Crippen LogP contribution in [0.15, 0.2) is 0 Å². The van der Waals surface area contributed by atoms with Crippen LogP contribution >= 0.6 is 0 Å². The lowest BCUT2D eigenvalue weighted by Crippen LogP contribution is -2.24. The van der Waals surface area contributed by atoms with Crippen molar-refractivity contribution in [2.24, 2.45) is 0 Å². The van der Waals surface area contributed by atoms with Crippen molar-refractivity contribution in [1.29, 1.82) is 0 Å². The molecule has 0 spiro atoms. The minimum Gasteiger partial charge on any atom is -0.481 e. The second-order valence-corrected chi connectivity index (χ2v) is 2.97. The zero-order chi connectivity index (χ0) is 11.8. The summed E-state index contributed by atoms with van der Waals surface area (Å²) in [7, 11) is 0. The largest absolute Gasteiger partial charge is 0.481 e. The third-order valence-corrected chi connectivity index (χ3v) is 1.49. The first-order valence-electron chi connectivity index (χ1n) is 4.44. The van der Waals surface area contributed by atoms with Crippen LogP contribution in [0.1, 0.15) is 26.7 Å². The van der Waals surface area contributed by atoms with Crippen molar-refractivity contribution in [3.63, 3.8) is 0 Å².